The highest BCUT2D eigenvalue weighted by atomic mass is 16.5. The first-order valence-electron chi connectivity index (χ1n) is 7.86. The molecule has 1 aliphatic heterocycles. The van der Waals surface area contributed by atoms with E-state index in [0.29, 0.717) is 13.2 Å². The summed E-state index contributed by atoms with van der Waals surface area (Å²) < 4.78 is 7.45. The number of ether oxygens (including phenoxy) is 1. The van der Waals surface area contributed by atoms with Crippen LogP contribution < -0.4 is 15.4 Å². The Hall–Kier alpha value is -2.34. The number of aromatic nitrogens is 2. The summed E-state index contributed by atoms with van der Waals surface area (Å²) in [5.74, 6) is 0.793. The van der Waals surface area contributed by atoms with Gasteiger partial charge in [0.25, 0.3) is 0 Å². The van der Waals surface area contributed by atoms with Gasteiger partial charge in [0.15, 0.2) is 0 Å². The van der Waals surface area contributed by atoms with Crippen molar-refractivity contribution >= 4 is 5.91 Å². The largest absolute Gasteiger partial charge is 0.492 e. The molecule has 121 valence electrons. The van der Waals surface area contributed by atoms with Crippen molar-refractivity contribution in [3.05, 3.63) is 36.7 Å². The van der Waals surface area contributed by atoms with E-state index in [4.69, 9.17) is 4.74 Å². The predicted octanol–water partition coefficient (Wildman–Crippen LogP) is 1.13. The number of carbonyl (C=O) groups excluding carboxylic acids is 1. The number of benzene rings is 1. The normalized spacial score (nSPS) is 17.2. The van der Waals surface area contributed by atoms with Crippen molar-refractivity contribution in [1.82, 2.24) is 20.4 Å². The summed E-state index contributed by atoms with van der Waals surface area (Å²) in [4.78, 5) is 11.9. The lowest BCUT2D eigenvalue weighted by Gasteiger charge is -2.12. The molecule has 6 heteroatoms. The number of carbonyl (C=O) groups is 1. The van der Waals surface area contributed by atoms with Crippen molar-refractivity contribution in [2.24, 2.45) is 7.05 Å². The zero-order valence-corrected chi connectivity index (χ0v) is 13.2. The second-order valence-electron chi connectivity index (χ2n) is 5.65. The molecular weight excluding hydrogens is 292 g/mol. The molecule has 1 radical (unpaired) electrons. The van der Waals surface area contributed by atoms with Crippen LogP contribution in [0.4, 0.5) is 0 Å². The summed E-state index contributed by atoms with van der Waals surface area (Å²) in [6, 6.07) is 8.67. The van der Waals surface area contributed by atoms with Gasteiger partial charge in [0, 0.05) is 18.8 Å². The molecule has 0 bridgehead atoms. The molecule has 2 aromatic rings. The van der Waals surface area contributed by atoms with Gasteiger partial charge in [-0.3, -0.25) is 9.48 Å². The maximum Gasteiger partial charge on any atom is 0.237 e. The second-order valence-corrected chi connectivity index (χ2v) is 5.65. The molecule has 1 saturated heterocycles. The summed E-state index contributed by atoms with van der Waals surface area (Å²) in [7, 11) is 1.88. The van der Waals surface area contributed by atoms with Gasteiger partial charge >= 0.3 is 0 Å². The number of amides is 1. The molecule has 1 fully saturated rings. The molecule has 23 heavy (non-hydrogen) atoms. The van der Waals surface area contributed by atoms with Crippen LogP contribution >= 0.6 is 0 Å². The third-order valence-corrected chi connectivity index (χ3v) is 3.85. The molecule has 1 amide bonds. The monoisotopic (exact) mass is 313 g/mol. The van der Waals surface area contributed by atoms with Crippen LogP contribution in [0.25, 0.3) is 11.1 Å². The van der Waals surface area contributed by atoms with Crippen LogP contribution in [0.2, 0.25) is 0 Å². The van der Waals surface area contributed by atoms with Gasteiger partial charge in [0.2, 0.25) is 5.91 Å². The van der Waals surface area contributed by atoms with E-state index in [0.717, 1.165) is 36.3 Å². The average molecular weight is 313 g/mol. The van der Waals surface area contributed by atoms with Gasteiger partial charge in [-0.2, -0.15) is 5.10 Å². The van der Waals surface area contributed by atoms with E-state index in [1.54, 1.807) is 10.7 Å². The number of nitrogens with one attached hydrogen (secondary N) is 2. The molecule has 1 aromatic heterocycles. The highest BCUT2D eigenvalue weighted by Gasteiger charge is 2.21. The lowest BCUT2D eigenvalue weighted by molar-refractivity contribution is -0.122. The summed E-state index contributed by atoms with van der Waals surface area (Å²) >= 11 is 0. The van der Waals surface area contributed by atoms with Gasteiger partial charge in [0.1, 0.15) is 12.4 Å². The first-order valence-corrected chi connectivity index (χ1v) is 7.86. The van der Waals surface area contributed by atoms with E-state index in [2.05, 4.69) is 21.8 Å². The summed E-state index contributed by atoms with van der Waals surface area (Å²) in [5.41, 5.74) is 2.03. The number of hydrogen-bond acceptors (Lipinski definition) is 4. The van der Waals surface area contributed by atoms with Gasteiger partial charge in [0.05, 0.1) is 18.8 Å². The summed E-state index contributed by atoms with van der Waals surface area (Å²) in [5, 5.41) is 10.2. The van der Waals surface area contributed by atoms with Gasteiger partial charge in [-0.05, 0) is 49.2 Å². The molecule has 1 aliphatic rings. The summed E-state index contributed by atoms with van der Waals surface area (Å²) in [6.45, 7) is 1.85. The molecule has 1 aromatic carbocycles. The zero-order chi connectivity index (χ0) is 16.1. The van der Waals surface area contributed by atoms with Gasteiger partial charge in [-0.25, -0.2) is 0 Å². The molecule has 0 saturated carbocycles. The second kappa shape index (κ2) is 7.28. The fourth-order valence-corrected chi connectivity index (χ4v) is 2.65. The van der Waals surface area contributed by atoms with Crippen LogP contribution in [-0.2, 0) is 11.8 Å². The lowest BCUT2D eigenvalue weighted by atomic mass is 10.1. The number of nitrogens with zero attached hydrogens (tertiary/aromatic N) is 2. The third-order valence-electron chi connectivity index (χ3n) is 3.85. The summed E-state index contributed by atoms with van der Waals surface area (Å²) in [6.07, 6.45) is 5.73. The molecule has 2 N–H and O–H groups in total. The van der Waals surface area contributed by atoms with Crippen LogP contribution in [-0.4, -0.2) is 41.4 Å². The Morgan fingerprint density at radius 1 is 1.52 bits per heavy atom. The van der Waals surface area contributed by atoms with Crippen molar-refractivity contribution in [3.8, 4) is 16.9 Å². The highest BCUT2D eigenvalue weighted by molar-refractivity contribution is 5.81. The van der Waals surface area contributed by atoms with Crippen molar-refractivity contribution in [2.75, 3.05) is 19.7 Å². The lowest BCUT2D eigenvalue weighted by Crippen LogP contribution is -2.41. The molecule has 0 unspecified atom stereocenters. The van der Waals surface area contributed by atoms with E-state index in [-0.39, 0.29) is 11.9 Å². The Morgan fingerprint density at radius 3 is 3.17 bits per heavy atom. The van der Waals surface area contributed by atoms with Crippen molar-refractivity contribution in [1.29, 1.82) is 0 Å². The molecular formula is C17H21N4O2. The molecule has 6 nitrogen and oxygen atoms in total. The SMILES string of the molecule is Cn1cc(-c2c[c]cc(OCCNC(=O)[C@@H]3CCCN3)c2)cn1. The Bertz CT molecular complexity index is 662. The number of aryl methyl sites for hydroxylation is 1. The van der Waals surface area contributed by atoms with E-state index in [9.17, 15) is 4.79 Å². The van der Waals surface area contributed by atoms with Crippen molar-refractivity contribution < 1.29 is 9.53 Å². The van der Waals surface area contributed by atoms with Crippen LogP contribution in [0, 0.1) is 6.07 Å². The molecule has 0 aliphatic carbocycles. The van der Waals surface area contributed by atoms with E-state index in [1.165, 1.54) is 0 Å². The average Bonchev–Trinajstić information content (AvgIpc) is 3.23. The van der Waals surface area contributed by atoms with Crippen LogP contribution in [0.1, 0.15) is 12.8 Å². The fraction of sp³-hybridized carbons (Fsp3) is 0.412. The van der Waals surface area contributed by atoms with E-state index >= 15 is 0 Å². The zero-order valence-electron chi connectivity index (χ0n) is 13.2. The maximum atomic E-state index is 11.9. The maximum absolute atomic E-state index is 11.9. The Labute approximate surface area is 135 Å². The third kappa shape index (κ3) is 4.10. The minimum absolute atomic E-state index is 0.0442. The Morgan fingerprint density at radius 2 is 2.43 bits per heavy atom. The topological polar surface area (TPSA) is 68.2 Å². The molecule has 2 heterocycles. The fourth-order valence-electron chi connectivity index (χ4n) is 2.65. The minimum Gasteiger partial charge on any atom is -0.492 e. The minimum atomic E-state index is -0.0442. The van der Waals surface area contributed by atoms with Crippen LogP contribution in [0.15, 0.2) is 30.6 Å². The first-order chi connectivity index (χ1) is 11.2. The quantitative estimate of drug-likeness (QED) is 0.785. The van der Waals surface area contributed by atoms with Gasteiger partial charge in [-0.15, -0.1) is 0 Å². The molecule has 3 rings (SSSR count). The predicted molar refractivity (Wildman–Crippen MR) is 87.0 cm³/mol. The smallest absolute Gasteiger partial charge is 0.237 e. The Kier molecular flexibility index (Phi) is 4.92. The highest BCUT2D eigenvalue weighted by Crippen LogP contribution is 2.22. The number of rotatable bonds is 6. The van der Waals surface area contributed by atoms with Gasteiger partial charge in [-0.1, -0.05) is 0 Å². The van der Waals surface area contributed by atoms with Gasteiger partial charge < -0.3 is 15.4 Å². The first kappa shape index (κ1) is 15.6. The standard InChI is InChI=1S/C17H21N4O2/c1-21-12-14(11-20-21)13-4-2-5-15(10-13)23-9-8-19-17(22)16-6-3-7-18-16/h4-5,10-12,16,18H,3,6-9H2,1H3,(H,19,22)/t16-/m0/s1. The van der Waals surface area contributed by atoms with Crippen molar-refractivity contribution in [3.63, 3.8) is 0 Å². The van der Waals surface area contributed by atoms with Crippen LogP contribution in [0.3, 0.4) is 0 Å². The van der Waals surface area contributed by atoms with Crippen molar-refractivity contribution in [2.45, 2.75) is 18.9 Å². The molecule has 1 atom stereocenters. The Balaban J connectivity index is 1.48. The molecule has 0 spiro atoms. The van der Waals surface area contributed by atoms with Crippen LogP contribution in [0.5, 0.6) is 5.75 Å². The van der Waals surface area contributed by atoms with E-state index in [1.807, 2.05) is 31.6 Å². The van der Waals surface area contributed by atoms with E-state index < -0.39 is 0 Å². The number of hydrogen-bond donors (Lipinski definition) is 2.